The summed E-state index contributed by atoms with van der Waals surface area (Å²) in [6, 6.07) is 6.07. The zero-order chi connectivity index (χ0) is 17.6. The van der Waals surface area contributed by atoms with Crippen LogP contribution in [-0.2, 0) is 4.79 Å². The molecule has 0 unspecified atom stereocenters. The molecule has 0 aliphatic carbocycles. The molecule has 1 aliphatic rings. The minimum Gasteiger partial charge on any atom is -0.294 e. The molecule has 3 heterocycles. The number of pyridine rings is 1. The van der Waals surface area contributed by atoms with Crippen LogP contribution in [0.15, 0.2) is 46.6 Å². The third kappa shape index (κ3) is 4.84. The van der Waals surface area contributed by atoms with E-state index in [4.69, 9.17) is 0 Å². The number of rotatable bonds is 8. The van der Waals surface area contributed by atoms with E-state index >= 15 is 0 Å². The summed E-state index contributed by atoms with van der Waals surface area (Å²) < 4.78 is 2.07. The van der Waals surface area contributed by atoms with Gasteiger partial charge in [0, 0.05) is 18.9 Å². The average molecular weight is 412 g/mol. The van der Waals surface area contributed by atoms with Gasteiger partial charge >= 0.3 is 0 Å². The number of halogens is 1. The first-order valence-corrected chi connectivity index (χ1v) is 10.3. The van der Waals surface area contributed by atoms with E-state index in [2.05, 4.69) is 22.4 Å². The molecule has 5 nitrogen and oxygen atoms in total. The molecule has 0 saturated carbocycles. The first-order chi connectivity index (χ1) is 12.2. The number of amides is 2. The van der Waals surface area contributed by atoms with Crippen molar-refractivity contribution in [2.24, 2.45) is 0 Å². The van der Waals surface area contributed by atoms with Gasteiger partial charge < -0.3 is 0 Å². The Morgan fingerprint density at radius 3 is 2.92 bits per heavy atom. The molecule has 26 heavy (non-hydrogen) atoms. The predicted molar refractivity (Wildman–Crippen MR) is 110 cm³/mol. The zero-order valence-corrected chi connectivity index (χ0v) is 17.0. The SMILES string of the molecule is CCC/C=C1\SC(=O)N(CCCCSc2cccc3nccn23)C1=O.Cl. The number of hydrogen-bond donors (Lipinski definition) is 0. The molecule has 2 aromatic heterocycles. The highest BCUT2D eigenvalue weighted by Gasteiger charge is 2.34. The van der Waals surface area contributed by atoms with Crippen LogP contribution in [0.4, 0.5) is 4.79 Å². The Labute approximate surface area is 168 Å². The summed E-state index contributed by atoms with van der Waals surface area (Å²) >= 11 is 2.84. The third-order valence-electron chi connectivity index (χ3n) is 3.91. The lowest BCUT2D eigenvalue weighted by molar-refractivity contribution is -0.122. The van der Waals surface area contributed by atoms with Crippen LogP contribution in [0.25, 0.3) is 5.65 Å². The Bertz CT molecular complexity index is 807. The van der Waals surface area contributed by atoms with Crippen molar-refractivity contribution in [2.75, 3.05) is 12.3 Å². The summed E-state index contributed by atoms with van der Waals surface area (Å²) in [5, 5.41) is 1.02. The van der Waals surface area contributed by atoms with Gasteiger partial charge in [-0.15, -0.1) is 24.2 Å². The predicted octanol–water partition coefficient (Wildman–Crippen LogP) is 5.01. The lowest BCUT2D eigenvalue weighted by Gasteiger charge is -2.12. The fraction of sp³-hybridized carbons (Fsp3) is 0.389. The summed E-state index contributed by atoms with van der Waals surface area (Å²) in [6.07, 6.45) is 9.23. The van der Waals surface area contributed by atoms with Crippen molar-refractivity contribution in [2.45, 2.75) is 37.6 Å². The minimum absolute atomic E-state index is 0. The Hall–Kier alpha value is -1.44. The number of nitrogens with zero attached hydrogens (tertiary/aromatic N) is 3. The highest BCUT2D eigenvalue weighted by atomic mass is 35.5. The average Bonchev–Trinajstić information content (AvgIpc) is 3.19. The number of imide groups is 1. The van der Waals surface area contributed by atoms with Gasteiger partial charge in [-0.1, -0.05) is 25.5 Å². The number of aromatic nitrogens is 2. The molecule has 1 aliphatic heterocycles. The van der Waals surface area contributed by atoms with Crippen molar-refractivity contribution < 1.29 is 9.59 Å². The molecule has 8 heteroatoms. The van der Waals surface area contributed by atoms with Gasteiger partial charge in [-0.2, -0.15) is 0 Å². The largest absolute Gasteiger partial charge is 0.294 e. The van der Waals surface area contributed by atoms with E-state index in [9.17, 15) is 9.59 Å². The van der Waals surface area contributed by atoms with E-state index in [0.717, 1.165) is 53.9 Å². The van der Waals surface area contributed by atoms with Gasteiger partial charge in [-0.3, -0.25) is 18.9 Å². The van der Waals surface area contributed by atoms with Crippen molar-refractivity contribution in [3.63, 3.8) is 0 Å². The molecule has 2 amide bonds. The quantitative estimate of drug-likeness (QED) is 0.347. The van der Waals surface area contributed by atoms with E-state index in [1.165, 1.54) is 4.90 Å². The van der Waals surface area contributed by atoms with Gasteiger partial charge in [0.2, 0.25) is 0 Å². The number of thioether (sulfide) groups is 2. The molecular formula is C18H22ClN3O2S2. The van der Waals surface area contributed by atoms with E-state index < -0.39 is 0 Å². The van der Waals surface area contributed by atoms with Crippen LogP contribution in [-0.4, -0.2) is 37.7 Å². The highest BCUT2D eigenvalue weighted by Crippen LogP contribution is 2.31. The van der Waals surface area contributed by atoms with Crippen LogP contribution in [0.2, 0.25) is 0 Å². The smallest absolute Gasteiger partial charge is 0.293 e. The van der Waals surface area contributed by atoms with Gasteiger partial charge in [0.25, 0.3) is 11.1 Å². The van der Waals surface area contributed by atoms with Gasteiger partial charge in [0.1, 0.15) is 5.65 Å². The Balaban J connectivity index is 0.00000243. The fourth-order valence-electron chi connectivity index (χ4n) is 2.59. The molecule has 3 rings (SSSR count). The standard InChI is InChI=1S/C18H21N3O2S2.ClH/c1-2-3-7-14-17(22)21(18(23)25-14)11-4-5-13-24-16-9-6-8-15-19-10-12-20(15)16;/h6-10,12H,2-5,11,13H2,1H3;1H/b14-7-;. The molecule has 0 spiro atoms. The molecule has 0 bridgehead atoms. The van der Waals surface area contributed by atoms with Crippen LogP contribution in [0, 0.1) is 0 Å². The second-order valence-electron chi connectivity index (χ2n) is 5.76. The normalized spacial score (nSPS) is 15.9. The van der Waals surface area contributed by atoms with Crippen molar-refractivity contribution in [1.29, 1.82) is 0 Å². The molecule has 1 saturated heterocycles. The van der Waals surface area contributed by atoms with Gasteiger partial charge in [0.15, 0.2) is 0 Å². The Morgan fingerprint density at radius 1 is 1.27 bits per heavy atom. The molecule has 1 fully saturated rings. The molecule has 0 aromatic carbocycles. The molecule has 2 aromatic rings. The van der Waals surface area contributed by atoms with Crippen molar-refractivity contribution in [1.82, 2.24) is 14.3 Å². The van der Waals surface area contributed by atoms with Crippen LogP contribution >= 0.6 is 35.9 Å². The maximum atomic E-state index is 12.2. The maximum absolute atomic E-state index is 12.2. The Kier molecular flexibility index (Phi) is 8.06. The highest BCUT2D eigenvalue weighted by molar-refractivity contribution is 8.18. The van der Waals surface area contributed by atoms with Crippen molar-refractivity contribution in [3.05, 3.63) is 41.6 Å². The van der Waals surface area contributed by atoms with Crippen LogP contribution in [0.1, 0.15) is 32.6 Å². The molecular weight excluding hydrogens is 390 g/mol. The minimum atomic E-state index is -0.136. The molecule has 140 valence electrons. The topological polar surface area (TPSA) is 54.7 Å². The molecule has 0 radical (unpaired) electrons. The number of allylic oxidation sites excluding steroid dienone is 1. The second kappa shape index (κ2) is 10.0. The van der Waals surface area contributed by atoms with Gasteiger partial charge in [-0.05, 0) is 48.9 Å². The maximum Gasteiger partial charge on any atom is 0.293 e. The van der Waals surface area contributed by atoms with Gasteiger partial charge in [-0.25, -0.2) is 4.98 Å². The lowest BCUT2D eigenvalue weighted by Crippen LogP contribution is -2.29. The van der Waals surface area contributed by atoms with Crippen molar-refractivity contribution >= 4 is 52.7 Å². The first kappa shape index (κ1) is 20.9. The van der Waals surface area contributed by atoms with Crippen molar-refractivity contribution in [3.8, 4) is 0 Å². The fourth-order valence-corrected chi connectivity index (χ4v) is 4.49. The van der Waals surface area contributed by atoms with Crippen LogP contribution in [0.3, 0.4) is 0 Å². The van der Waals surface area contributed by atoms with E-state index in [-0.39, 0.29) is 23.6 Å². The monoisotopic (exact) mass is 411 g/mol. The van der Waals surface area contributed by atoms with E-state index in [0.29, 0.717) is 11.4 Å². The number of carbonyl (C=O) groups is 2. The van der Waals surface area contributed by atoms with Crippen LogP contribution in [0.5, 0.6) is 0 Å². The zero-order valence-electron chi connectivity index (χ0n) is 14.6. The number of carbonyl (C=O) groups excluding carboxylic acids is 2. The lowest BCUT2D eigenvalue weighted by atomic mass is 10.3. The van der Waals surface area contributed by atoms with Crippen LogP contribution < -0.4 is 0 Å². The first-order valence-electron chi connectivity index (χ1n) is 8.49. The number of fused-ring (bicyclic) bond motifs is 1. The summed E-state index contributed by atoms with van der Waals surface area (Å²) in [7, 11) is 0. The second-order valence-corrected chi connectivity index (χ2v) is 7.87. The van der Waals surface area contributed by atoms with E-state index in [1.54, 1.807) is 18.0 Å². The number of unbranched alkanes of at least 4 members (excludes halogenated alkanes) is 2. The molecule has 0 N–H and O–H groups in total. The molecule has 0 atom stereocenters. The van der Waals surface area contributed by atoms with Gasteiger partial charge in [0.05, 0.1) is 9.93 Å². The Morgan fingerprint density at radius 2 is 2.12 bits per heavy atom. The number of imidazole rings is 1. The summed E-state index contributed by atoms with van der Waals surface area (Å²) in [4.78, 5) is 30.5. The summed E-state index contributed by atoms with van der Waals surface area (Å²) in [5.74, 6) is 0.818. The number of hydrogen-bond acceptors (Lipinski definition) is 5. The van der Waals surface area contributed by atoms with E-state index in [1.807, 2.05) is 24.4 Å². The third-order valence-corrected chi connectivity index (χ3v) is 5.99. The summed E-state index contributed by atoms with van der Waals surface area (Å²) in [6.45, 7) is 2.56. The summed E-state index contributed by atoms with van der Waals surface area (Å²) in [5.41, 5.74) is 0.946.